The van der Waals surface area contributed by atoms with Gasteiger partial charge in [-0.3, -0.25) is 19.3 Å². The van der Waals surface area contributed by atoms with E-state index in [1.54, 1.807) is 0 Å². The van der Waals surface area contributed by atoms with Crippen molar-refractivity contribution in [3.63, 3.8) is 0 Å². The Labute approximate surface area is 207 Å². The number of nitrogens with zero attached hydrogens (tertiary/aromatic N) is 1. The lowest BCUT2D eigenvalue weighted by atomic mass is 9.57. The minimum atomic E-state index is -1.37. The summed E-state index contributed by atoms with van der Waals surface area (Å²) in [6.45, 7) is 4.67. The molecule has 2 saturated heterocycles. The second-order valence-electron chi connectivity index (χ2n) is 10.2. The monoisotopic (exact) mass is 483 g/mol. The van der Waals surface area contributed by atoms with Gasteiger partial charge in [-0.25, -0.2) is 0 Å². The zero-order valence-corrected chi connectivity index (χ0v) is 20.4. The molecule has 3 aromatic rings. The summed E-state index contributed by atoms with van der Waals surface area (Å²) >= 11 is 1.40. The van der Waals surface area contributed by atoms with Crippen molar-refractivity contribution in [2.75, 3.05) is 17.2 Å². The van der Waals surface area contributed by atoms with Crippen LogP contribution in [0.4, 0.5) is 11.4 Å². The van der Waals surface area contributed by atoms with Crippen LogP contribution in [0.15, 0.2) is 53.9 Å². The maximum atomic E-state index is 14.4. The molecule has 0 bridgehead atoms. The van der Waals surface area contributed by atoms with E-state index in [2.05, 4.69) is 21.6 Å². The van der Waals surface area contributed by atoms with Crippen molar-refractivity contribution in [1.29, 1.82) is 0 Å². The number of anilines is 2. The molecule has 35 heavy (non-hydrogen) atoms. The Kier molecular flexibility index (Phi) is 4.14. The Morgan fingerprint density at radius 1 is 1.03 bits per heavy atom. The van der Waals surface area contributed by atoms with Crippen molar-refractivity contribution in [3.8, 4) is 0 Å². The summed E-state index contributed by atoms with van der Waals surface area (Å²) in [5.41, 5.74) is 2.36. The first-order chi connectivity index (χ1) is 16.9. The number of aryl methyl sites for hydroxylation is 2. The van der Waals surface area contributed by atoms with E-state index in [9.17, 15) is 14.4 Å². The summed E-state index contributed by atoms with van der Waals surface area (Å²) < 4.78 is 0. The molecule has 7 rings (SSSR count). The Morgan fingerprint density at radius 3 is 2.66 bits per heavy atom. The van der Waals surface area contributed by atoms with Crippen molar-refractivity contribution < 1.29 is 14.4 Å². The van der Waals surface area contributed by atoms with Gasteiger partial charge in [0, 0.05) is 23.0 Å². The van der Waals surface area contributed by atoms with E-state index in [4.69, 9.17) is 0 Å². The Hall–Kier alpha value is -3.29. The fourth-order valence-electron chi connectivity index (χ4n) is 7.61. The molecule has 0 unspecified atom stereocenters. The number of carbonyl (C=O) groups is 3. The maximum Gasteiger partial charge on any atom is 0.251 e. The SMILES string of the molecule is Cc1cc(C)c2c(c1)[C@]1(C(=O)N2)N2CCC[C@@H]2[C@@H](C(=O)c2cccs2)[C@@]12C(=O)Nc1ccccc12. The van der Waals surface area contributed by atoms with Gasteiger partial charge in [0.15, 0.2) is 5.78 Å². The van der Waals surface area contributed by atoms with Gasteiger partial charge in [-0.05, 0) is 61.9 Å². The molecular formula is C28H25N3O3S. The molecule has 0 aliphatic carbocycles. The lowest BCUT2D eigenvalue weighted by molar-refractivity contribution is -0.137. The molecule has 2 N–H and O–H groups in total. The predicted octanol–water partition coefficient (Wildman–Crippen LogP) is 4.38. The predicted molar refractivity (Wildman–Crippen MR) is 135 cm³/mol. The number of rotatable bonds is 2. The third-order valence-corrected chi connectivity index (χ3v) is 9.48. The van der Waals surface area contributed by atoms with E-state index in [-0.39, 0.29) is 23.6 Å². The molecule has 7 heteroatoms. The first-order valence-electron chi connectivity index (χ1n) is 12.1. The zero-order chi connectivity index (χ0) is 24.1. The van der Waals surface area contributed by atoms with Crippen molar-refractivity contribution in [2.45, 2.75) is 43.7 Å². The number of amides is 2. The van der Waals surface area contributed by atoms with Crippen LogP contribution in [0.2, 0.25) is 0 Å². The van der Waals surface area contributed by atoms with Crippen LogP contribution < -0.4 is 10.6 Å². The van der Waals surface area contributed by atoms with Crippen LogP contribution in [0.5, 0.6) is 0 Å². The Morgan fingerprint density at radius 2 is 1.86 bits per heavy atom. The molecular weight excluding hydrogens is 458 g/mol. The molecule has 4 aliphatic heterocycles. The average Bonchev–Trinajstić information content (AvgIpc) is 3.62. The lowest BCUT2D eigenvalue weighted by Gasteiger charge is -2.43. The first kappa shape index (κ1) is 21.0. The largest absolute Gasteiger partial charge is 0.325 e. The molecule has 4 aliphatic rings. The first-order valence-corrected chi connectivity index (χ1v) is 13.0. The minimum Gasteiger partial charge on any atom is -0.325 e. The molecule has 5 heterocycles. The van der Waals surface area contributed by atoms with E-state index in [1.807, 2.05) is 61.7 Å². The van der Waals surface area contributed by atoms with E-state index in [1.165, 1.54) is 11.3 Å². The molecule has 176 valence electrons. The summed E-state index contributed by atoms with van der Waals surface area (Å²) in [5, 5.41) is 8.15. The van der Waals surface area contributed by atoms with Gasteiger partial charge in [0.05, 0.1) is 10.8 Å². The van der Waals surface area contributed by atoms with Crippen LogP contribution in [0.25, 0.3) is 0 Å². The second kappa shape index (κ2) is 6.89. The Balaban J connectivity index is 1.63. The number of nitrogens with one attached hydrogen (secondary N) is 2. The molecule has 6 nitrogen and oxygen atoms in total. The molecule has 4 atom stereocenters. The summed E-state index contributed by atoms with van der Waals surface area (Å²) in [6, 6.07) is 15.2. The molecule has 2 fully saturated rings. The van der Waals surface area contributed by atoms with Gasteiger partial charge in [-0.1, -0.05) is 42.0 Å². The number of fused-ring (bicyclic) bond motifs is 7. The zero-order valence-electron chi connectivity index (χ0n) is 19.6. The van der Waals surface area contributed by atoms with Crippen LogP contribution in [0, 0.1) is 19.8 Å². The molecule has 2 amide bonds. The number of Topliss-reactive ketones (excluding diaryl/α,β-unsaturated/α-hetero) is 1. The molecule has 0 saturated carbocycles. The van der Waals surface area contributed by atoms with Gasteiger partial charge in [0.2, 0.25) is 5.91 Å². The van der Waals surface area contributed by atoms with Gasteiger partial charge < -0.3 is 10.6 Å². The van der Waals surface area contributed by atoms with Crippen molar-refractivity contribution in [1.82, 2.24) is 4.90 Å². The minimum absolute atomic E-state index is 0.0498. The third-order valence-electron chi connectivity index (χ3n) is 8.59. The highest BCUT2D eigenvalue weighted by molar-refractivity contribution is 7.12. The Bertz CT molecular complexity index is 1450. The molecule has 0 radical (unpaired) electrons. The highest BCUT2D eigenvalue weighted by Gasteiger charge is 2.81. The number of ketones is 1. The molecule has 2 spiro atoms. The second-order valence-corrected chi connectivity index (χ2v) is 11.1. The summed E-state index contributed by atoms with van der Waals surface area (Å²) in [6.07, 6.45) is 1.65. The normalized spacial score (nSPS) is 30.5. The third kappa shape index (κ3) is 2.27. The fraction of sp³-hybridized carbons (Fsp3) is 0.321. The van der Waals surface area contributed by atoms with Crippen molar-refractivity contribution >= 4 is 40.3 Å². The number of para-hydroxylation sites is 1. The summed E-state index contributed by atoms with van der Waals surface area (Å²) in [5.74, 6) is -1.19. The smallest absolute Gasteiger partial charge is 0.251 e. The van der Waals surface area contributed by atoms with Crippen LogP contribution in [-0.4, -0.2) is 35.1 Å². The van der Waals surface area contributed by atoms with Gasteiger partial charge in [-0.2, -0.15) is 0 Å². The number of carbonyl (C=O) groups excluding carboxylic acids is 3. The van der Waals surface area contributed by atoms with E-state index < -0.39 is 16.9 Å². The number of thiophene rings is 1. The fourth-order valence-corrected chi connectivity index (χ4v) is 8.31. The topological polar surface area (TPSA) is 78.5 Å². The van der Waals surface area contributed by atoms with Crippen LogP contribution in [0.3, 0.4) is 0 Å². The maximum absolute atomic E-state index is 14.4. The van der Waals surface area contributed by atoms with E-state index >= 15 is 0 Å². The summed E-state index contributed by atoms with van der Waals surface area (Å²) in [4.78, 5) is 45.9. The van der Waals surface area contributed by atoms with Gasteiger partial charge in [0.1, 0.15) is 11.0 Å². The van der Waals surface area contributed by atoms with Crippen LogP contribution >= 0.6 is 11.3 Å². The lowest BCUT2D eigenvalue weighted by Crippen LogP contribution is -2.62. The van der Waals surface area contributed by atoms with Crippen LogP contribution in [-0.2, 0) is 20.5 Å². The highest BCUT2D eigenvalue weighted by atomic mass is 32.1. The number of benzene rings is 2. The van der Waals surface area contributed by atoms with Gasteiger partial charge >= 0.3 is 0 Å². The van der Waals surface area contributed by atoms with Crippen molar-refractivity contribution in [2.24, 2.45) is 5.92 Å². The molecule has 2 aromatic carbocycles. The summed E-state index contributed by atoms with van der Waals surface area (Å²) in [7, 11) is 0. The highest BCUT2D eigenvalue weighted by Crippen LogP contribution is 2.68. The quantitative estimate of drug-likeness (QED) is 0.531. The number of hydrogen-bond donors (Lipinski definition) is 2. The molecule has 1 aromatic heterocycles. The van der Waals surface area contributed by atoms with Gasteiger partial charge in [0.25, 0.3) is 5.91 Å². The van der Waals surface area contributed by atoms with E-state index in [0.29, 0.717) is 17.1 Å². The van der Waals surface area contributed by atoms with Gasteiger partial charge in [-0.15, -0.1) is 11.3 Å². The van der Waals surface area contributed by atoms with Crippen molar-refractivity contribution in [3.05, 3.63) is 81.0 Å². The van der Waals surface area contributed by atoms with Crippen LogP contribution in [0.1, 0.15) is 44.8 Å². The average molecular weight is 484 g/mol. The number of hydrogen-bond acceptors (Lipinski definition) is 5. The standard InChI is InChI=1S/C28H25N3O3S/c1-15-13-16(2)23-18(14-15)28(26(34)30-23)27(17-7-3-4-8-19(17)29-25(27)33)22(20-9-5-11-31(20)28)24(32)21-10-6-12-35-21/h3-4,6-8,10,12-14,20,22H,5,9,11H2,1-2H3,(H,29,33)(H,30,34)/t20-,22+,27+,28-/m1/s1. The van der Waals surface area contributed by atoms with E-state index in [0.717, 1.165) is 40.8 Å².